The molecule has 1 aliphatic rings. The summed E-state index contributed by atoms with van der Waals surface area (Å²) >= 11 is 14.0. The molecule has 3 heterocycles. The fourth-order valence-corrected chi connectivity index (χ4v) is 7.08. The highest BCUT2D eigenvalue weighted by Gasteiger charge is 2.34. The molecule has 1 aliphatic carbocycles. The summed E-state index contributed by atoms with van der Waals surface area (Å²) in [5.74, 6) is 0.184. The minimum Gasteiger partial charge on any atom is -0.481 e. The summed E-state index contributed by atoms with van der Waals surface area (Å²) in [5.41, 5.74) is 2.79. The number of benzene rings is 2. The zero-order chi connectivity index (χ0) is 37.3. The van der Waals surface area contributed by atoms with Crippen LogP contribution in [0.1, 0.15) is 35.7 Å². The molecule has 2 aromatic carbocycles. The van der Waals surface area contributed by atoms with Crippen molar-refractivity contribution < 1.29 is 22.7 Å². The molecule has 2 amide bonds. The number of hydrogen-bond acceptors (Lipinski definition) is 8. The summed E-state index contributed by atoms with van der Waals surface area (Å²) in [7, 11) is 6.60. The van der Waals surface area contributed by atoms with E-state index >= 15 is 0 Å². The molecule has 11 nitrogen and oxygen atoms in total. The van der Waals surface area contributed by atoms with Gasteiger partial charge in [0.2, 0.25) is 5.88 Å². The number of methoxy groups -OCH3 is 1. The van der Waals surface area contributed by atoms with Crippen LogP contribution in [-0.2, 0) is 19.6 Å². The third-order valence-corrected chi connectivity index (χ3v) is 9.90. The smallest absolute Gasteiger partial charge is 0.433 e. The van der Waals surface area contributed by atoms with Gasteiger partial charge in [0.15, 0.2) is 0 Å². The van der Waals surface area contributed by atoms with E-state index in [0.29, 0.717) is 39.8 Å². The van der Waals surface area contributed by atoms with Crippen molar-refractivity contribution in [2.24, 2.45) is 7.05 Å². The van der Waals surface area contributed by atoms with Gasteiger partial charge in [0.05, 0.1) is 40.1 Å². The molecule has 0 fully saturated rings. The van der Waals surface area contributed by atoms with Gasteiger partial charge in [-0.3, -0.25) is 9.69 Å². The Morgan fingerprint density at radius 1 is 1.08 bits per heavy atom. The Morgan fingerprint density at radius 2 is 1.79 bits per heavy atom. The molecule has 0 radical (unpaired) electrons. The number of carbonyl (C=O) groups excluding carboxylic acids is 1. The maximum atomic E-state index is 13.8. The van der Waals surface area contributed by atoms with Crippen LogP contribution in [-0.4, -0.2) is 65.0 Å². The van der Waals surface area contributed by atoms with Crippen molar-refractivity contribution >= 4 is 51.5 Å². The molecule has 0 saturated carbocycles. The van der Waals surface area contributed by atoms with Crippen LogP contribution in [0.15, 0.2) is 59.5 Å². The van der Waals surface area contributed by atoms with Crippen molar-refractivity contribution in [3.63, 3.8) is 0 Å². The van der Waals surface area contributed by atoms with Gasteiger partial charge in [0, 0.05) is 60.9 Å². The molecule has 3 N–H and O–H groups in total. The zero-order valence-electron chi connectivity index (χ0n) is 28.7. The number of fused-ring (bicyclic) bond motifs is 2. The van der Waals surface area contributed by atoms with Crippen molar-refractivity contribution in [1.82, 2.24) is 35.3 Å². The molecule has 16 heteroatoms. The number of hydrogen-bond donors (Lipinski definition) is 3. The summed E-state index contributed by atoms with van der Waals surface area (Å²) in [6.45, 7) is 1.31. The van der Waals surface area contributed by atoms with E-state index < -0.39 is 17.4 Å². The average Bonchev–Trinajstić information content (AvgIpc) is 3.56. The Morgan fingerprint density at radius 3 is 2.50 bits per heavy atom. The van der Waals surface area contributed by atoms with Crippen molar-refractivity contribution in [3.8, 4) is 28.3 Å². The van der Waals surface area contributed by atoms with Gasteiger partial charge in [-0.15, -0.1) is 0 Å². The molecular formula is C36H35Cl2F3N8O3. The molecule has 0 spiro atoms. The molecule has 0 saturated heterocycles. The van der Waals surface area contributed by atoms with Crippen LogP contribution in [0.5, 0.6) is 5.88 Å². The monoisotopic (exact) mass is 754 g/mol. The van der Waals surface area contributed by atoms with Crippen molar-refractivity contribution in [3.05, 3.63) is 91.9 Å². The van der Waals surface area contributed by atoms with Gasteiger partial charge < -0.3 is 20.7 Å². The van der Waals surface area contributed by atoms with Crippen LogP contribution in [0.4, 0.5) is 29.5 Å². The topological polar surface area (TPSA) is 126 Å². The number of rotatable bonds is 10. The number of anilines is 2. The van der Waals surface area contributed by atoms with E-state index in [9.17, 15) is 22.8 Å². The highest BCUT2D eigenvalue weighted by atomic mass is 35.5. The summed E-state index contributed by atoms with van der Waals surface area (Å²) in [6, 6.07) is 13.1. The number of nitrogens with zero attached hydrogens (tertiary/aromatic N) is 5. The van der Waals surface area contributed by atoms with Gasteiger partial charge in [-0.1, -0.05) is 53.5 Å². The first-order chi connectivity index (χ1) is 24.8. The molecule has 272 valence electrons. The van der Waals surface area contributed by atoms with E-state index in [1.165, 1.54) is 13.2 Å². The minimum absolute atomic E-state index is 0.0265. The Bertz CT molecular complexity index is 2230. The molecule has 0 aliphatic heterocycles. The first kappa shape index (κ1) is 36.9. The lowest BCUT2D eigenvalue weighted by atomic mass is 9.99. The lowest BCUT2D eigenvalue weighted by molar-refractivity contribution is -0.141. The van der Waals surface area contributed by atoms with Gasteiger partial charge in [0.25, 0.3) is 5.56 Å². The number of halogens is 5. The second-order valence-electron chi connectivity index (χ2n) is 12.3. The summed E-state index contributed by atoms with van der Waals surface area (Å²) in [5, 5.41) is 12.5. The highest BCUT2D eigenvalue weighted by Crippen LogP contribution is 2.45. The minimum atomic E-state index is -4.77. The second kappa shape index (κ2) is 15.0. The normalized spacial score (nSPS) is 14.1. The van der Waals surface area contributed by atoms with Crippen LogP contribution in [0.2, 0.25) is 10.0 Å². The van der Waals surface area contributed by atoms with Gasteiger partial charge >= 0.3 is 12.2 Å². The zero-order valence-corrected chi connectivity index (χ0v) is 30.2. The van der Waals surface area contributed by atoms with Crippen LogP contribution in [0, 0.1) is 0 Å². The summed E-state index contributed by atoms with van der Waals surface area (Å²) < 4.78 is 48.2. The number of amides is 2. The van der Waals surface area contributed by atoms with Gasteiger partial charge in [-0.2, -0.15) is 18.3 Å². The predicted octanol–water partition coefficient (Wildman–Crippen LogP) is 7.37. The number of aryl methyl sites for hydroxylation is 2. The predicted molar refractivity (Wildman–Crippen MR) is 196 cm³/mol. The third-order valence-electron chi connectivity index (χ3n) is 9.09. The number of alkyl halides is 3. The summed E-state index contributed by atoms with van der Waals surface area (Å²) in [4.78, 5) is 35.4. The van der Waals surface area contributed by atoms with Crippen molar-refractivity contribution in [2.45, 2.75) is 31.5 Å². The van der Waals surface area contributed by atoms with E-state index in [2.05, 4.69) is 30.9 Å². The van der Waals surface area contributed by atoms with E-state index in [1.807, 2.05) is 25.2 Å². The van der Waals surface area contributed by atoms with Crippen LogP contribution >= 0.6 is 23.2 Å². The molecule has 0 bridgehead atoms. The van der Waals surface area contributed by atoms with Crippen LogP contribution in [0.25, 0.3) is 33.2 Å². The van der Waals surface area contributed by atoms with Gasteiger partial charge in [-0.05, 0) is 50.1 Å². The third kappa shape index (κ3) is 7.23. The molecule has 1 atom stereocenters. The lowest BCUT2D eigenvalue weighted by Gasteiger charge is -2.26. The lowest BCUT2D eigenvalue weighted by Crippen LogP contribution is -2.35. The summed E-state index contributed by atoms with van der Waals surface area (Å²) in [6.07, 6.45) is -1.14. The Hall–Kier alpha value is -4.92. The number of urea groups is 1. The molecule has 1 unspecified atom stereocenters. The first-order valence-electron chi connectivity index (χ1n) is 16.3. The Labute approximate surface area is 307 Å². The Balaban J connectivity index is 1.33. The van der Waals surface area contributed by atoms with Crippen molar-refractivity contribution in [1.29, 1.82) is 0 Å². The van der Waals surface area contributed by atoms with E-state index in [4.69, 9.17) is 32.9 Å². The quantitative estimate of drug-likeness (QED) is 0.126. The first-order valence-corrected chi connectivity index (χ1v) is 17.1. The highest BCUT2D eigenvalue weighted by molar-refractivity contribution is 6.39. The number of aromatic nitrogens is 4. The number of pyridine rings is 2. The fraction of sp³-hybridized carbons (Fsp3) is 0.306. The molecule has 6 rings (SSSR count). The van der Waals surface area contributed by atoms with E-state index in [0.717, 1.165) is 47.7 Å². The number of carbonyl (C=O) groups is 1. The number of ether oxygens (including phenoxy) is 1. The van der Waals surface area contributed by atoms with Crippen LogP contribution < -0.4 is 26.2 Å². The van der Waals surface area contributed by atoms with Crippen molar-refractivity contribution in [2.75, 3.05) is 39.6 Å². The second-order valence-corrected chi connectivity index (χ2v) is 13.1. The SMILES string of the molecule is CNC(=O)NCCCN(C)C1CCc2cc(-c3cccc(-c4cccc(Nc5nc(C(F)(F)F)cc6cnn(C)c(=O)c56)c4Cl)c3Cl)nc(OC)c21. The van der Waals surface area contributed by atoms with Gasteiger partial charge in [-0.25, -0.2) is 19.4 Å². The largest absolute Gasteiger partial charge is 0.481 e. The maximum absolute atomic E-state index is 13.8. The standard InChI is InChI=1S/C36H35Cl2F3N8O3/c1-42-35(51)43-14-7-15-48(2)26-13-12-19-16-25(46-33(52-4)28(19)26)23-10-5-8-21(30(23)37)22-9-6-11-24(31(22)38)45-32-29-20(18-44-49(3)34(29)50)17-27(47-32)36(39,40)41/h5-6,8-11,16-18,26H,7,12-15H2,1-4H3,(H,45,47)(H2,42,43,51). The maximum Gasteiger partial charge on any atom is 0.433 e. The van der Waals surface area contributed by atoms with E-state index in [-0.39, 0.29) is 39.4 Å². The Kier molecular flexibility index (Phi) is 10.6. The molecule has 52 heavy (non-hydrogen) atoms. The van der Waals surface area contributed by atoms with Gasteiger partial charge in [0.1, 0.15) is 11.5 Å². The molecule has 5 aromatic rings. The fourth-order valence-electron chi connectivity index (χ4n) is 6.48. The van der Waals surface area contributed by atoms with Crippen LogP contribution in [0.3, 0.4) is 0 Å². The molecular weight excluding hydrogens is 720 g/mol. The average molecular weight is 756 g/mol. The van der Waals surface area contributed by atoms with E-state index in [1.54, 1.807) is 38.4 Å². The number of nitrogens with one attached hydrogen (secondary N) is 3. The molecule has 3 aromatic heterocycles.